The van der Waals surface area contributed by atoms with Gasteiger partial charge in [-0.05, 0) is 18.2 Å². The summed E-state index contributed by atoms with van der Waals surface area (Å²) < 4.78 is 44.4. The number of non-ortho nitro benzene ring substituents is 1. The van der Waals surface area contributed by atoms with E-state index in [1.165, 1.54) is 0 Å². The second-order valence-corrected chi connectivity index (χ2v) is 4.60. The van der Waals surface area contributed by atoms with E-state index in [1.807, 2.05) is 0 Å². The van der Waals surface area contributed by atoms with Crippen molar-refractivity contribution in [3.63, 3.8) is 0 Å². The number of nitrogens with one attached hydrogen (secondary N) is 1. The average molecular weight is 323 g/mol. The van der Waals surface area contributed by atoms with E-state index in [-0.39, 0.29) is 6.01 Å². The molecule has 1 N–H and O–H groups in total. The molecule has 0 atom stereocenters. The number of benzene rings is 2. The predicted molar refractivity (Wildman–Crippen MR) is 75.4 cm³/mol. The molecule has 9 heteroatoms. The summed E-state index contributed by atoms with van der Waals surface area (Å²) in [6.45, 7) is 0. The minimum atomic E-state index is -4.68. The van der Waals surface area contributed by atoms with Crippen molar-refractivity contribution in [3.8, 4) is 0 Å². The van der Waals surface area contributed by atoms with Crippen LogP contribution >= 0.6 is 0 Å². The Morgan fingerprint density at radius 1 is 1.17 bits per heavy atom. The normalized spacial score (nSPS) is 11.6. The van der Waals surface area contributed by atoms with Gasteiger partial charge in [0.25, 0.3) is 11.7 Å². The fourth-order valence-corrected chi connectivity index (χ4v) is 2.04. The van der Waals surface area contributed by atoms with Crippen molar-refractivity contribution in [3.05, 3.63) is 58.1 Å². The molecule has 118 valence electrons. The number of anilines is 2. The van der Waals surface area contributed by atoms with Crippen LogP contribution in [0.5, 0.6) is 0 Å². The number of nitro groups is 1. The highest BCUT2D eigenvalue weighted by atomic mass is 19.4. The third kappa shape index (κ3) is 2.93. The molecule has 0 bridgehead atoms. The van der Waals surface area contributed by atoms with Crippen LogP contribution in [0.2, 0.25) is 0 Å². The lowest BCUT2D eigenvalue weighted by Gasteiger charge is -2.12. The van der Waals surface area contributed by atoms with E-state index in [2.05, 4.69) is 10.3 Å². The number of alkyl halides is 3. The molecule has 0 unspecified atom stereocenters. The number of rotatable bonds is 3. The topological polar surface area (TPSA) is 81.2 Å². The lowest BCUT2D eigenvalue weighted by atomic mass is 10.1. The quantitative estimate of drug-likeness (QED) is 0.567. The summed E-state index contributed by atoms with van der Waals surface area (Å²) in [5.41, 5.74) is -1.19. The van der Waals surface area contributed by atoms with Crippen LogP contribution in [0, 0.1) is 10.1 Å². The van der Waals surface area contributed by atoms with Crippen LogP contribution in [-0.2, 0) is 6.18 Å². The number of aromatic nitrogens is 1. The van der Waals surface area contributed by atoms with Gasteiger partial charge in [0.2, 0.25) is 0 Å². The van der Waals surface area contributed by atoms with E-state index in [0.29, 0.717) is 17.2 Å². The van der Waals surface area contributed by atoms with Gasteiger partial charge in [-0.15, -0.1) is 0 Å². The summed E-state index contributed by atoms with van der Waals surface area (Å²) in [4.78, 5) is 14.0. The van der Waals surface area contributed by atoms with Crippen molar-refractivity contribution in [2.75, 3.05) is 5.32 Å². The zero-order valence-electron chi connectivity index (χ0n) is 11.3. The van der Waals surface area contributed by atoms with Crippen LogP contribution in [0.25, 0.3) is 11.1 Å². The monoisotopic (exact) mass is 323 g/mol. The molecule has 0 saturated carbocycles. The summed E-state index contributed by atoms with van der Waals surface area (Å²) in [7, 11) is 0. The van der Waals surface area contributed by atoms with Crippen molar-refractivity contribution in [2.45, 2.75) is 6.18 Å². The van der Waals surface area contributed by atoms with Crippen molar-refractivity contribution in [1.29, 1.82) is 0 Å². The molecule has 0 aliphatic carbocycles. The Labute approximate surface area is 126 Å². The first-order valence-corrected chi connectivity index (χ1v) is 6.33. The van der Waals surface area contributed by atoms with Gasteiger partial charge in [0.05, 0.1) is 16.2 Å². The molecular formula is C14H8F3N3O3. The number of hydrogen-bond donors (Lipinski definition) is 1. The fraction of sp³-hybridized carbons (Fsp3) is 0.0714. The smallest absolute Gasteiger partial charge is 0.418 e. The van der Waals surface area contributed by atoms with Crippen LogP contribution < -0.4 is 5.32 Å². The van der Waals surface area contributed by atoms with E-state index in [0.717, 1.165) is 12.1 Å². The van der Waals surface area contributed by atoms with Gasteiger partial charge in [0, 0.05) is 12.1 Å². The molecule has 0 amide bonds. The van der Waals surface area contributed by atoms with E-state index < -0.39 is 28.0 Å². The molecule has 2 aromatic carbocycles. The molecule has 0 aliphatic heterocycles. The predicted octanol–water partition coefficient (Wildman–Crippen LogP) is 4.50. The van der Waals surface area contributed by atoms with Crippen molar-refractivity contribution >= 4 is 28.5 Å². The summed E-state index contributed by atoms with van der Waals surface area (Å²) in [6, 6.07) is 8.65. The Kier molecular flexibility index (Phi) is 3.40. The van der Waals surface area contributed by atoms with Crippen LogP contribution in [0.4, 0.5) is 30.6 Å². The Morgan fingerprint density at radius 3 is 2.57 bits per heavy atom. The van der Waals surface area contributed by atoms with E-state index in [4.69, 9.17) is 4.42 Å². The number of nitrogens with zero attached hydrogens (tertiary/aromatic N) is 2. The molecule has 0 fully saturated rings. The standard InChI is InChI=1S/C14H8F3N3O3/c15-14(16,17)9-6-5-8(20(21)22)7-11(9)19-13-18-10-3-1-2-4-12(10)23-13/h1-7H,(H,18,19). The SMILES string of the molecule is O=[N+]([O-])c1ccc(C(F)(F)F)c(Nc2nc3ccccc3o2)c1. The summed E-state index contributed by atoms with van der Waals surface area (Å²) in [5, 5.41) is 13.1. The molecule has 3 rings (SSSR count). The maximum absolute atomic E-state index is 13.0. The minimum absolute atomic E-state index is 0.183. The number of para-hydroxylation sites is 2. The van der Waals surface area contributed by atoms with Gasteiger partial charge in [-0.25, -0.2) is 0 Å². The molecule has 23 heavy (non-hydrogen) atoms. The van der Waals surface area contributed by atoms with Gasteiger partial charge >= 0.3 is 6.18 Å². The lowest BCUT2D eigenvalue weighted by Crippen LogP contribution is -2.09. The van der Waals surface area contributed by atoms with Gasteiger partial charge in [0.1, 0.15) is 5.52 Å². The van der Waals surface area contributed by atoms with Gasteiger partial charge in [-0.1, -0.05) is 12.1 Å². The Bertz CT molecular complexity index is 857. The van der Waals surface area contributed by atoms with E-state index >= 15 is 0 Å². The number of oxazole rings is 1. The number of halogens is 3. The second kappa shape index (κ2) is 5.27. The number of nitro benzene ring substituents is 1. The van der Waals surface area contributed by atoms with Crippen molar-refractivity contribution in [1.82, 2.24) is 4.98 Å². The van der Waals surface area contributed by atoms with E-state index in [9.17, 15) is 23.3 Å². The Morgan fingerprint density at radius 2 is 1.91 bits per heavy atom. The Balaban J connectivity index is 2.05. The van der Waals surface area contributed by atoms with Crippen LogP contribution in [0.3, 0.4) is 0 Å². The van der Waals surface area contributed by atoms with Gasteiger partial charge in [0.15, 0.2) is 5.58 Å². The third-order valence-electron chi connectivity index (χ3n) is 3.05. The molecule has 1 heterocycles. The van der Waals surface area contributed by atoms with E-state index in [1.54, 1.807) is 24.3 Å². The number of hydrogen-bond acceptors (Lipinski definition) is 5. The largest absolute Gasteiger partial charge is 0.423 e. The highest BCUT2D eigenvalue weighted by Crippen LogP contribution is 2.38. The summed E-state index contributed by atoms with van der Waals surface area (Å²) >= 11 is 0. The molecule has 1 aromatic heterocycles. The highest BCUT2D eigenvalue weighted by molar-refractivity contribution is 5.75. The first kappa shape index (κ1) is 14.8. The first-order chi connectivity index (χ1) is 10.8. The minimum Gasteiger partial charge on any atom is -0.423 e. The first-order valence-electron chi connectivity index (χ1n) is 6.33. The fourth-order valence-electron chi connectivity index (χ4n) is 2.04. The molecule has 6 nitrogen and oxygen atoms in total. The highest BCUT2D eigenvalue weighted by Gasteiger charge is 2.34. The average Bonchev–Trinajstić information content (AvgIpc) is 2.88. The summed E-state index contributed by atoms with van der Waals surface area (Å²) in [6.07, 6.45) is -4.68. The van der Waals surface area contributed by atoms with Gasteiger partial charge in [-0.3, -0.25) is 10.1 Å². The maximum Gasteiger partial charge on any atom is 0.418 e. The molecule has 0 saturated heterocycles. The Hall–Kier alpha value is -3.10. The van der Waals surface area contributed by atoms with Crippen LogP contribution in [0.15, 0.2) is 46.9 Å². The zero-order valence-corrected chi connectivity index (χ0v) is 11.3. The van der Waals surface area contributed by atoms with Crippen molar-refractivity contribution < 1.29 is 22.5 Å². The third-order valence-corrected chi connectivity index (χ3v) is 3.05. The lowest BCUT2D eigenvalue weighted by molar-refractivity contribution is -0.384. The van der Waals surface area contributed by atoms with Crippen molar-refractivity contribution in [2.24, 2.45) is 0 Å². The van der Waals surface area contributed by atoms with Gasteiger partial charge in [-0.2, -0.15) is 18.2 Å². The molecule has 0 radical (unpaired) electrons. The number of fused-ring (bicyclic) bond motifs is 1. The molecule has 3 aromatic rings. The molecule has 0 aliphatic rings. The zero-order chi connectivity index (χ0) is 16.6. The second-order valence-electron chi connectivity index (χ2n) is 4.60. The molecule has 0 spiro atoms. The van der Waals surface area contributed by atoms with Crippen LogP contribution in [-0.4, -0.2) is 9.91 Å². The molecular weight excluding hydrogens is 315 g/mol. The maximum atomic E-state index is 13.0. The van der Waals surface area contributed by atoms with Gasteiger partial charge < -0.3 is 9.73 Å². The summed E-state index contributed by atoms with van der Waals surface area (Å²) in [5.74, 6) is 0. The van der Waals surface area contributed by atoms with Crippen LogP contribution in [0.1, 0.15) is 5.56 Å².